The number of nitrogens with one attached hydrogen (secondary N) is 1. The van der Waals surface area contributed by atoms with E-state index in [0.29, 0.717) is 29.8 Å². The molecule has 0 saturated carbocycles. The predicted molar refractivity (Wildman–Crippen MR) is 106 cm³/mol. The van der Waals surface area contributed by atoms with E-state index >= 15 is 0 Å². The molecule has 2 aromatic carbocycles. The molecular formula is C22H25NO5. The summed E-state index contributed by atoms with van der Waals surface area (Å²) >= 11 is 0. The number of rotatable bonds is 8. The largest absolute Gasteiger partial charge is 0.496 e. The van der Waals surface area contributed by atoms with Crippen LogP contribution in [0.3, 0.4) is 0 Å². The second-order valence-corrected chi connectivity index (χ2v) is 6.53. The summed E-state index contributed by atoms with van der Waals surface area (Å²) in [6.07, 6.45) is -0.238. The summed E-state index contributed by atoms with van der Waals surface area (Å²) in [5.41, 5.74) is 2.70. The van der Waals surface area contributed by atoms with E-state index in [4.69, 9.17) is 9.47 Å². The molecule has 0 unspecified atom stereocenters. The van der Waals surface area contributed by atoms with Crippen LogP contribution >= 0.6 is 0 Å². The molecule has 1 amide bonds. The summed E-state index contributed by atoms with van der Waals surface area (Å²) in [6.45, 7) is 5.43. The monoisotopic (exact) mass is 383 g/mol. The van der Waals surface area contributed by atoms with E-state index in [1.807, 2.05) is 19.1 Å². The Labute approximate surface area is 164 Å². The molecule has 148 valence electrons. The molecule has 0 spiro atoms. The molecule has 28 heavy (non-hydrogen) atoms. The van der Waals surface area contributed by atoms with Crippen molar-refractivity contribution < 1.29 is 23.9 Å². The SMILES string of the molecule is COc1cc(C(=O)O[C@H](C)C(=O)c2ccc(CCNC(C)=O)cc2)ccc1C. The third kappa shape index (κ3) is 5.67. The van der Waals surface area contributed by atoms with Gasteiger partial charge in [-0.05, 0) is 43.5 Å². The summed E-state index contributed by atoms with van der Waals surface area (Å²) in [6, 6.07) is 12.1. The fourth-order valence-electron chi connectivity index (χ4n) is 2.68. The molecule has 2 aromatic rings. The molecule has 1 atom stereocenters. The molecule has 0 heterocycles. The van der Waals surface area contributed by atoms with Crippen LogP contribution in [0.15, 0.2) is 42.5 Å². The first kappa shape index (κ1) is 21.2. The number of methoxy groups -OCH3 is 1. The van der Waals surface area contributed by atoms with E-state index in [9.17, 15) is 14.4 Å². The topological polar surface area (TPSA) is 81.7 Å². The van der Waals surface area contributed by atoms with Crippen LogP contribution in [0.25, 0.3) is 0 Å². The number of Topliss-reactive ketones (excluding diaryl/α,β-unsaturated/α-hetero) is 1. The second kappa shape index (κ2) is 9.69. The first-order valence-electron chi connectivity index (χ1n) is 9.05. The van der Waals surface area contributed by atoms with Crippen molar-refractivity contribution in [3.8, 4) is 5.75 Å². The van der Waals surface area contributed by atoms with E-state index < -0.39 is 12.1 Å². The quantitative estimate of drug-likeness (QED) is 0.559. The zero-order valence-corrected chi connectivity index (χ0v) is 16.6. The van der Waals surface area contributed by atoms with Gasteiger partial charge in [0.25, 0.3) is 0 Å². The van der Waals surface area contributed by atoms with Crippen LogP contribution in [0.4, 0.5) is 0 Å². The normalized spacial score (nSPS) is 11.4. The third-order valence-electron chi connectivity index (χ3n) is 4.32. The summed E-state index contributed by atoms with van der Waals surface area (Å²) in [4.78, 5) is 35.8. The number of amides is 1. The first-order chi connectivity index (χ1) is 13.3. The average molecular weight is 383 g/mol. The third-order valence-corrected chi connectivity index (χ3v) is 4.32. The molecule has 1 N–H and O–H groups in total. The Morgan fingerprint density at radius 1 is 1.04 bits per heavy atom. The minimum Gasteiger partial charge on any atom is -0.496 e. The number of carbonyl (C=O) groups is 3. The van der Waals surface area contributed by atoms with Gasteiger partial charge in [-0.3, -0.25) is 9.59 Å². The molecule has 6 nitrogen and oxygen atoms in total. The van der Waals surface area contributed by atoms with Crippen LogP contribution in [-0.4, -0.2) is 37.4 Å². The molecule has 0 radical (unpaired) electrons. The van der Waals surface area contributed by atoms with Gasteiger partial charge in [-0.25, -0.2) is 4.79 Å². The Hall–Kier alpha value is -3.15. The van der Waals surface area contributed by atoms with Crippen molar-refractivity contribution in [3.05, 3.63) is 64.7 Å². The van der Waals surface area contributed by atoms with Gasteiger partial charge in [0.15, 0.2) is 6.10 Å². The lowest BCUT2D eigenvalue weighted by Gasteiger charge is -2.14. The summed E-state index contributed by atoms with van der Waals surface area (Å²) < 4.78 is 10.5. The molecular weight excluding hydrogens is 358 g/mol. The van der Waals surface area contributed by atoms with Gasteiger partial charge in [0, 0.05) is 19.0 Å². The van der Waals surface area contributed by atoms with Crippen molar-refractivity contribution in [3.63, 3.8) is 0 Å². The minimum atomic E-state index is -0.912. The van der Waals surface area contributed by atoms with Crippen LogP contribution < -0.4 is 10.1 Å². The highest BCUT2D eigenvalue weighted by atomic mass is 16.5. The van der Waals surface area contributed by atoms with Crippen molar-refractivity contribution in [1.82, 2.24) is 5.32 Å². The summed E-state index contributed by atoms with van der Waals surface area (Å²) in [5.74, 6) is -0.344. The lowest BCUT2D eigenvalue weighted by atomic mass is 10.0. The molecule has 6 heteroatoms. The maximum atomic E-state index is 12.5. The average Bonchev–Trinajstić information content (AvgIpc) is 2.68. The number of hydrogen-bond acceptors (Lipinski definition) is 5. The zero-order valence-electron chi connectivity index (χ0n) is 16.6. The number of aryl methyl sites for hydroxylation is 1. The highest BCUT2D eigenvalue weighted by Crippen LogP contribution is 2.20. The predicted octanol–water partition coefficient (Wildman–Crippen LogP) is 3.11. The van der Waals surface area contributed by atoms with E-state index in [1.165, 1.54) is 14.0 Å². The van der Waals surface area contributed by atoms with E-state index in [2.05, 4.69) is 5.32 Å². The van der Waals surface area contributed by atoms with Gasteiger partial charge < -0.3 is 14.8 Å². The zero-order chi connectivity index (χ0) is 20.7. The standard InChI is InChI=1S/C22H25NO5/c1-14-5-8-19(13-20(14)27-4)22(26)28-15(2)21(25)18-9-6-17(7-10-18)11-12-23-16(3)24/h5-10,13,15H,11-12H2,1-4H3,(H,23,24)/t15-/m1/s1. The number of esters is 1. The van der Waals surface area contributed by atoms with Gasteiger partial charge in [0.05, 0.1) is 12.7 Å². The highest BCUT2D eigenvalue weighted by Gasteiger charge is 2.21. The van der Waals surface area contributed by atoms with Gasteiger partial charge in [-0.15, -0.1) is 0 Å². The number of ketones is 1. The Balaban J connectivity index is 1.98. The molecule has 2 rings (SSSR count). The van der Waals surface area contributed by atoms with E-state index in [1.54, 1.807) is 37.3 Å². The lowest BCUT2D eigenvalue weighted by Crippen LogP contribution is -2.24. The van der Waals surface area contributed by atoms with Crippen LogP contribution in [0.2, 0.25) is 0 Å². The maximum Gasteiger partial charge on any atom is 0.338 e. The first-order valence-corrected chi connectivity index (χ1v) is 9.05. The number of benzene rings is 2. The maximum absolute atomic E-state index is 12.5. The van der Waals surface area contributed by atoms with Gasteiger partial charge in [-0.1, -0.05) is 30.3 Å². The Bertz CT molecular complexity index is 858. The molecule has 0 bridgehead atoms. The van der Waals surface area contributed by atoms with Gasteiger partial charge in [-0.2, -0.15) is 0 Å². The molecule has 0 fully saturated rings. The number of hydrogen-bond donors (Lipinski definition) is 1. The Morgan fingerprint density at radius 3 is 2.29 bits per heavy atom. The molecule has 0 aliphatic heterocycles. The highest BCUT2D eigenvalue weighted by molar-refractivity contribution is 6.01. The van der Waals surface area contributed by atoms with Crippen molar-refractivity contribution in [2.75, 3.05) is 13.7 Å². The van der Waals surface area contributed by atoms with Gasteiger partial charge >= 0.3 is 5.97 Å². The molecule has 0 saturated heterocycles. The van der Waals surface area contributed by atoms with E-state index in [0.717, 1.165) is 11.1 Å². The van der Waals surface area contributed by atoms with Crippen LogP contribution in [0.1, 0.15) is 45.7 Å². The fraction of sp³-hybridized carbons (Fsp3) is 0.318. The van der Waals surface area contributed by atoms with E-state index in [-0.39, 0.29) is 11.7 Å². The molecule has 0 aliphatic rings. The van der Waals surface area contributed by atoms with Crippen molar-refractivity contribution in [2.24, 2.45) is 0 Å². The fourth-order valence-corrected chi connectivity index (χ4v) is 2.68. The summed E-state index contributed by atoms with van der Waals surface area (Å²) in [7, 11) is 1.53. The van der Waals surface area contributed by atoms with Gasteiger partial charge in [0.2, 0.25) is 11.7 Å². The van der Waals surface area contributed by atoms with Gasteiger partial charge in [0.1, 0.15) is 5.75 Å². The molecule has 0 aromatic heterocycles. The minimum absolute atomic E-state index is 0.0753. The van der Waals surface area contributed by atoms with Crippen molar-refractivity contribution in [2.45, 2.75) is 33.3 Å². The lowest BCUT2D eigenvalue weighted by molar-refractivity contribution is -0.118. The van der Waals surface area contributed by atoms with Crippen molar-refractivity contribution >= 4 is 17.7 Å². The van der Waals surface area contributed by atoms with Crippen molar-refractivity contribution in [1.29, 1.82) is 0 Å². The smallest absolute Gasteiger partial charge is 0.338 e. The Kier molecular flexibility index (Phi) is 7.32. The van der Waals surface area contributed by atoms with Crippen LogP contribution in [-0.2, 0) is 16.0 Å². The second-order valence-electron chi connectivity index (χ2n) is 6.53. The van der Waals surface area contributed by atoms with Crippen LogP contribution in [0, 0.1) is 6.92 Å². The number of carbonyl (C=O) groups excluding carboxylic acids is 3. The Morgan fingerprint density at radius 2 is 1.68 bits per heavy atom. The number of ether oxygens (including phenoxy) is 2. The molecule has 0 aliphatic carbocycles. The van der Waals surface area contributed by atoms with Crippen LogP contribution in [0.5, 0.6) is 5.75 Å². The summed E-state index contributed by atoms with van der Waals surface area (Å²) in [5, 5.41) is 2.73.